The Kier molecular flexibility index (Phi) is 17.8. The van der Waals surface area contributed by atoms with E-state index in [1.165, 1.54) is 0 Å². The van der Waals surface area contributed by atoms with Crippen LogP contribution in [0.3, 0.4) is 0 Å². The first-order valence-electron chi connectivity index (χ1n) is 12.9. The fraction of sp³-hybridized carbons (Fsp3) is 0.517. The van der Waals surface area contributed by atoms with Gasteiger partial charge in [-0.2, -0.15) is 0 Å². The first kappa shape index (κ1) is 37.7. The van der Waals surface area contributed by atoms with Crippen molar-refractivity contribution >= 4 is 35.8 Å². The molecule has 13 heteroatoms. The molecule has 0 aliphatic carbocycles. The predicted octanol–water partition coefficient (Wildman–Crippen LogP) is 1.71. The fourth-order valence-electron chi connectivity index (χ4n) is 2.80. The summed E-state index contributed by atoms with van der Waals surface area (Å²) in [5.41, 5.74) is -2.02. The van der Waals surface area contributed by atoms with Gasteiger partial charge in [-0.1, -0.05) is 26.3 Å². The maximum absolute atomic E-state index is 12.3. The standard InChI is InChI=1S/C29H41NO12/c1-8-22(31)37-16-28(5,17-38-23(32)9-2)20-41-26(35)12-14-30(7)15-13-27(36)42-21-29(6,18-39-24(33)10-3)19-40-25(34)11-4/h8-11H,1-4,12-21H2,5-7H3. The minimum Gasteiger partial charge on any atom is -0.465 e. The molecule has 0 aromatic rings. The van der Waals surface area contributed by atoms with Gasteiger partial charge in [-0.15, -0.1) is 0 Å². The van der Waals surface area contributed by atoms with Crippen LogP contribution in [0.25, 0.3) is 0 Å². The third-order valence-electron chi connectivity index (χ3n) is 5.48. The Hall–Kier alpha value is -4.26. The molecule has 0 aliphatic rings. The third kappa shape index (κ3) is 17.4. The Bertz CT molecular complexity index is 877. The van der Waals surface area contributed by atoms with Gasteiger partial charge in [-0.05, 0) is 20.9 Å². The van der Waals surface area contributed by atoms with Crippen molar-refractivity contribution in [3.05, 3.63) is 50.6 Å². The molecule has 13 nitrogen and oxygen atoms in total. The SMILES string of the molecule is C=CC(=O)OCC(C)(COC(=O)C=C)COC(=O)CCN(C)CCC(=O)OCC(C)(COC(=O)C=C)COC(=O)C=C. The van der Waals surface area contributed by atoms with E-state index in [0.29, 0.717) is 0 Å². The minimum atomic E-state index is -1.01. The van der Waals surface area contributed by atoms with Gasteiger partial charge in [0.1, 0.15) is 39.6 Å². The van der Waals surface area contributed by atoms with Crippen LogP contribution in [-0.2, 0) is 57.2 Å². The zero-order chi connectivity index (χ0) is 32.2. The lowest BCUT2D eigenvalue weighted by Gasteiger charge is -2.28. The molecule has 0 radical (unpaired) electrons. The summed E-state index contributed by atoms with van der Waals surface area (Å²) in [5, 5.41) is 0. The molecule has 0 amide bonds. The van der Waals surface area contributed by atoms with Gasteiger partial charge in [0.15, 0.2) is 0 Å². The van der Waals surface area contributed by atoms with Crippen molar-refractivity contribution < 1.29 is 57.2 Å². The molecule has 234 valence electrons. The zero-order valence-corrected chi connectivity index (χ0v) is 24.6. The second-order valence-electron chi connectivity index (χ2n) is 9.99. The molecule has 0 rings (SSSR count). The van der Waals surface area contributed by atoms with E-state index in [2.05, 4.69) is 26.3 Å². The predicted molar refractivity (Wildman–Crippen MR) is 149 cm³/mol. The molecular formula is C29H41NO12. The number of rotatable bonds is 22. The largest absolute Gasteiger partial charge is 0.465 e. The molecule has 0 N–H and O–H groups in total. The Balaban J connectivity index is 4.72. The highest BCUT2D eigenvalue weighted by Crippen LogP contribution is 2.20. The highest BCUT2D eigenvalue weighted by molar-refractivity contribution is 5.82. The van der Waals surface area contributed by atoms with Gasteiger partial charge in [0.2, 0.25) is 0 Å². The number of carbonyl (C=O) groups excluding carboxylic acids is 6. The van der Waals surface area contributed by atoms with Crippen molar-refractivity contribution in [2.75, 3.05) is 59.8 Å². The third-order valence-corrected chi connectivity index (χ3v) is 5.48. The van der Waals surface area contributed by atoms with Crippen LogP contribution in [-0.4, -0.2) is 100 Å². The average molecular weight is 596 g/mol. The lowest BCUT2D eigenvalue weighted by molar-refractivity contribution is -0.158. The number of ether oxygens (including phenoxy) is 6. The second-order valence-corrected chi connectivity index (χ2v) is 9.99. The average Bonchev–Trinajstić information content (AvgIpc) is 2.99. The Morgan fingerprint density at radius 1 is 0.524 bits per heavy atom. The van der Waals surface area contributed by atoms with Gasteiger partial charge < -0.3 is 33.3 Å². The van der Waals surface area contributed by atoms with Crippen molar-refractivity contribution in [1.29, 1.82) is 0 Å². The van der Waals surface area contributed by atoms with Crippen molar-refractivity contribution in [1.82, 2.24) is 4.90 Å². The van der Waals surface area contributed by atoms with Crippen LogP contribution in [0.4, 0.5) is 0 Å². The van der Waals surface area contributed by atoms with E-state index in [1.807, 2.05) is 0 Å². The molecule has 0 aliphatic heterocycles. The van der Waals surface area contributed by atoms with Crippen LogP contribution in [0.15, 0.2) is 50.6 Å². The van der Waals surface area contributed by atoms with Gasteiger partial charge >= 0.3 is 35.8 Å². The van der Waals surface area contributed by atoms with E-state index >= 15 is 0 Å². The molecule has 0 fully saturated rings. The Morgan fingerprint density at radius 3 is 1.00 bits per heavy atom. The highest BCUT2D eigenvalue weighted by atomic mass is 16.6. The van der Waals surface area contributed by atoms with Crippen LogP contribution in [0.5, 0.6) is 0 Å². The summed E-state index contributed by atoms with van der Waals surface area (Å²) in [5.74, 6) is -3.84. The number of nitrogens with zero attached hydrogens (tertiary/aromatic N) is 1. The van der Waals surface area contributed by atoms with Gasteiger partial charge in [-0.25, -0.2) is 19.2 Å². The minimum absolute atomic E-state index is 0.0120. The molecule has 0 aromatic heterocycles. The van der Waals surface area contributed by atoms with E-state index < -0.39 is 46.6 Å². The van der Waals surface area contributed by atoms with E-state index in [0.717, 1.165) is 24.3 Å². The molecular weight excluding hydrogens is 554 g/mol. The summed E-state index contributed by atoms with van der Waals surface area (Å²) < 4.78 is 30.8. The Morgan fingerprint density at radius 2 is 0.762 bits per heavy atom. The monoisotopic (exact) mass is 595 g/mol. The van der Waals surface area contributed by atoms with Crippen molar-refractivity contribution in [2.24, 2.45) is 10.8 Å². The van der Waals surface area contributed by atoms with Gasteiger partial charge in [0.05, 0.1) is 23.7 Å². The summed E-state index contributed by atoms with van der Waals surface area (Å²) in [4.78, 5) is 72.1. The van der Waals surface area contributed by atoms with E-state index in [-0.39, 0.29) is 65.6 Å². The van der Waals surface area contributed by atoms with Crippen molar-refractivity contribution in [3.63, 3.8) is 0 Å². The molecule has 0 bridgehead atoms. The Labute approximate surface area is 246 Å². The normalized spacial score (nSPS) is 11.0. The molecule has 0 unspecified atom stereocenters. The molecule has 0 spiro atoms. The second kappa shape index (κ2) is 19.8. The number of esters is 6. The summed E-state index contributed by atoms with van der Waals surface area (Å²) in [6.45, 7) is 15.8. The van der Waals surface area contributed by atoms with Crippen LogP contribution in [0, 0.1) is 10.8 Å². The summed E-state index contributed by atoms with van der Waals surface area (Å²) >= 11 is 0. The number of carbonyl (C=O) groups is 6. The van der Waals surface area contributed by atoms with E-state index in [4.69, 9.17) is 28.4 Å². The highest BCUT2D eigenvalue weighted by Gasteiger charge is 2.31. The molecule has 42 heavy (non-hydrogen) atoms. The smallest absolute Gasteiger partial charge is 0.330 e. The van der Waals surface area contributed by atoms with E-state index in [9.17, 15) is 28.8 Å². The fourth-order valence-corrected chi connectivity index (χ4v) is 2.80. The molecule has 0 saturated heterocycles. The summed E-state index contributed by atoms with van der Waals surface area (Å²) in [6, 6.07) is 0. The molecule has 0 aromatic carbocycles. The molecule has 0 saturated carbocycles. The first-order valence-corrected chi connectivity index (χ1v) is 12.9. The van der Waals surface area contributed by atoms with Gasteiger partial charge in [0.25, 0.3) is 0 Å². The maximum atomic E-state index is 12.3. The van der Waals surface area contributed by atoms with Crippen molar-refractivity contribution in [3.8, 4) is 0 Å². The van der Waals surface area contributed by atoms with Crippen LogP contribution in [0.1, 0.15) is 26.7 Å². The maximum Gasteiger partial charge on any atom is 0.330 e. The lowest BCUT2D eigenvalue weighted by Crippen LogP contribution is -2.37. The zero-order valence-electron chi connectivity index (χ0n) is 24.6. The van der Waals surface area contributed by atoms with Gasteiger partial charge in [0, 0.05) is 37.4 Å². The number of hydrogen-bond acceptors (Lipinski definition) is 13. The quantitative estimate of drug-likeness (QED) is 0.101. The lowest BCUT2D eigenvalue weighted by atomic mass is 9.94. The molecule has 0 heterocycles. The topological polar surface area (TPSA) is 161 Å². The molecule has 0 atom stereocenters. The van der Waals surface area contributed by atoms with Crippen molar-refractivity contribution in [2.45, 2.75) is 26.7 Å². The van der Waals surface area contributed by atoms with Crippen LogP contribution >= 0.6 is 0 Å². The summed E-state index contributed by atoms with van der Waals surface area (Å²) in [7, 11) is 1.70. The first-order chi connectivity index (χ1) is 19.7. The number of hydrogen-bond donors (Lipinski definition) is 0. The van der Waals surface area contributed by atoms with Crippen LogP contribution < -0.4 is 0 Å². The summed E-state index contributed by atoms with van der Waals surface area (Å²) in [6.07, 6.45) is 3.90. The van der Waals surface area contributed by atoms with Crippen LogP contribution in [0.2, 0.25) is 0 Å². The van der Waals surface area contributed by atoms with E-state index in [1.54, 1.807) is 25.8 Å². The van der Waals surface area contributed by atoms with Gasteiger partial charge in [-0.3, -0.25) is 9.59 Å².